The van der Waals surface area contributed by atoms with Crippen LogP contribution in [0.4, 0.5) is 0 Å². The van der Waals surface area contributed by atoms with Gasteiger partial charge in [-0.25, -0.2) is 4.57 Å². The second-order valence-corrected chi connectivity index (χ2v) is 16.5. The molecule has 0 spiro atoms. The van der Waals surface area contributed by atoms with Gasteiger partial charge in [0.2, 0.25) is 5.91 Å². The predicted octanol–water partition coefficient (Wildman–Crippen LogP) is 10.6. The fourth-order valence-electron chi connectivity index (χ4n) is 5.64. The van der Waals surface area contributed by atoms with Gasteiger partial charge in [-0.2, -0.15) is 0 Å². The standard InChI is InChI=1S/C40H79N2O6P/c1-6-8-10-12-14-16-18-19-20-21-22-23-24-26-28-30-32-34-40(44)41-38(37-48-49(45,46)47-36-35-42(3,4)5)39(43)33-31-29-27-25-17-15-13-11-9-7-2/h17,25,31,33,38-39,43H,6-16,18-24,26-30,32,34-37H2,1-5H3,(H-,41,44,45,46)/p+1/b25-17+,33-31+/t38-,39+/m0/s1. The van der Waals surface area contributed by atoms with E-state index in [1.54, 1.807) is 6.08 Å². The maximum atomic E-state index is 12.8. The molecule has 0 fully saturated rings. The second-order valence-electron chi connectivity index (χ2n) is 15.0. The van der Waals surface area contributed by atoms with Gasteiger partial charge in [0, 0.05) is 6.42 Å². The number of phosphoric acid groups is 1. The first-order valence-electron chi connectivity index (χ1n) is 20.2. The molecule has 0 radical (unpaired) electrons. The van der Waals surface area contributed by atoms with E-state index in [-0.39, 0.29) is 19.1 Å². The Kier molecular flexibility index (Phi) is 32.2. The summed E-state index contributed by atoms with van der Waals surface area (Å²) < 4.78 is 23.4. The third-order valence-corrected chi connectivity index (χ3v) is 9.91. The van der Waals surface area contributed by atoms with Crippen LogP contribution in [0.25, 0.3) is 0 Å². The number of nitrogens with zero attached hydrogens (tertiary/aromatic N) is 1. The monoisotopic (exact) mass is 716 g/mol. The van der Waals surface area contributed by atoms with E-state index in [4.69, 9.17) is 9.05 Å². The zero-order chi connectivity index (χ0) is 36.5. The van der Waals surface area contributed by atoms with Crippen LogP contribution >= 0.6 is 7.82 Å². The summed E-state index contributed by atoms with van der Waals surface area (Å²) in [5.74, 6) is -0.188. The number of allylic oxidation sites excluding steroid dienone is 3. The van der Waals surface area contributed by atoms with E-state index in [0.29, 0.717) is 17.4 Å². The van der Waals surface area contributed by atoms with Crippen molar-refractivity contribution in [2.24, 2.45) is 0 Å². The summed E-state index contributed by atoms with van der Waals surface area (Å²) in [5.41, 5.74) is 0. The summed E-state index contributed by atoms with van der Waals surface area (Å²) in [6.07, 6.45) is 36.8. The predicted molar refractivity (Wildman–Crippen MR) is 208 cm³/mol. The van der Waals surface area contributed by atoms with Gasteiger partial charge in [0.1, 0.15) is 13.2 Å². The molecule has 0 aromatic heterocycles. The van der Waals surface area contributed by atoms with Crippen molar-refractivity contribution in [1.82, 2.24) is 5.32 Å². The van der Waals surface area contributed by atoms with Crippen molar-refractivity contribution in [2.75, 3.05) is 40.9 Å². The minimum absolute atomic E-state index is 0.0577. The Morgan fingerprint density at radius 3 is 1.63 bits per heavy atom. The summed E-state index contributed by atoms with van der Waals surface area (Å²) in [6, 6.07) is -0.855. The molecule has 3 N–H and O–H groups in total. The van der Waals surface area contributed by atoms with Gasteiger partial charge in [-0.3, -0.25) is 13.8 Å². The van der Waals surface area contributed by atoms with Crippen molar-refractivity contribution >= 4 is 13.7 Å². The maximum absolute atomic E-state index is 12.8. The number of carbonyl (C=O) groups excluding carboxylic acids is 1. The van der Waals surface area contributed by atoms with E-state index in [1.165, 1.54) is 116 Å². The number of hydrogen-bond donors (Lipinski definition) is 3. The first kappa shape index (κ1) is 48.0. The summed E-state index contributed by atoms with van der Waals surface area (Å²) in [7, 11) is 1.56. The Bertz CT molecular complexity index is 860. The third kappa shape index (κ3) is 35.2. The minimum Gasteiger partial charge on any atom is -0.387 e. The van der Waals surface area contributed by atoms with Crippen LogP contribution in [0, 0.1) is 0 Å². The lowest BCUT2D eigenvalue weighted by Gasteiger charge is -2.25. The summed E-state index contributed by atoms with van der Waals surface area (Å²) >= 11 is 0. The highest BCUT2D eigenvalue weighted by molar-refractivity contribution is 7.47. The normalized spacial score (nSPS) is 14.8. The van der Waals surface area contributed by atoms with Gasteiger partial charge < -0.3 is 19.8 Å². The molecular formula is C40H80N2O6P+. The van der Waals surface area contributed by atoms with Crippen molar-refractivity contribution in [2.45, 2.75) is 187 Å². The zero-order valence-electron chi connectivity index (χ0n) is 32.7. The number of nitrogens with one attached hydrogen (secondary N) is 1. The molecule has 1 unspecified atom stereocenters. The van der Waals surface area contributed by atoms with E-state index >= 15 is 0 Å². The molecule has 0 aromatic carbocycles. The Labute approximate surface area is 303 Å². The van der Waals surface area contributed by atoms with Gasteiger partial charge in [0.05, 0.1) is 39.9 Å². The number of phosphoric ester groups is 1. The Hall–Kier alpha value is -1.02. The molecule has 8 nitrogen and oxygen atoms in total. The number of quaternary nitrogens is 1. The summed E-state index contributed by atoms with van der Waals surface area (Å²) in [5, 5.41) is 13.7. The van der Waals surface area contributed by atoms with Crippen LogP contribution in [0.1, 0.15) is 174 Å². The van der Waals surface area contributed by atoms with Crippen molar-refractivity contribution in [1.29, 1.82) is 0 Å². The highest BCUT2D eigenvalue weighted by Crippen LogP contribution is 2.43. The molecule has 0 heterocycles. The van der Waals surface area contributed by atoms with Gasteiger partial charge in [-0.15, -0.1) is 0 Å². The molecule has 290 valence electrons. The van der Waals surface area contributed by atoms with Crippen molar-refractivity contribution in [3.8, 4) is 0 Å². The van der Waals surface area contributed by atoms with Gasteiger partial charge in [-0.05, 0) is 32.1 Å². The molecule has 3 atom stereocenters. The van der Waals surface area contributed by atoms with E-state index in [0.717, 1.165) is 38.5 Å². The van der Waals surface area contributed by atoms with E-state index in [9.17, 15) is 19.4 Å². The van der Waals surface area contributed by atoms with Crippen molar-refractivity contribution in [3.05, 3.63) is 24.3 Å². The molecule has 9 heteroatoms. The van der Waals surface area contributed by atoms with Crippen molar-refractivity contribution in [3.63, 3.8) is 0 Å². The molecule has 49 heavy (non-hydrogen) atoms. The van der Waals surface area contributed by atoms with Gasteiger partial charge >= 0.3 is 7.82 Å². The van der Waals surface area contributed by atoms with E-state index < -0.39 is 20.0 Å². The lowest BCUT2D eigenvalue weighted by molar-refractivity contribution is -0.870. The van der Waals surface area contributed by atoms with E-state index in [1.807, 2.05) is 27.2 Å². The summed E-state index contributed by atoms with van der Waals surface area (Å²) in [4.78, 5) is 23.0. The fourth-order valence-corrected chi connectivity index (χ4v) is 6.38. The molecule has 0 bridgehead atoms. The number of hydrogen-bond acceptors (Lipinski definition) is 5. The molecule has 0 aliphatic heterocycles. The molecule has 0 aromatic rings. The van der Waals surface area contributed by atoms with Crippen LogP contribution in [0.3, 0.4) is 0 Å². The number of amides is 1. The van der Waals surface area contributed by atoms with Gasteiger partial charge in [0.15, 0.2) is 0 Å². The Balaban J connectivity index is 4.42. The zero-order valence-corrected chi connectivity index (χ0v) is 33.6. The smallest absolute Gasteiger partial charge is 0.387 e. The topological polar surface area (TPSA) is 105 Å². The first-order valence-corrected chi connectivity index (χ1v) is 21.7. The maximum Gasteiger partial charge on any atom is 0.472 e. The van der Waals surface area contributed by atoms with E-state index in [2.05, 4.69) is 31.3 Å². The lowest BCUT2D eigenvalue weighted by atomic mass is 10.0. The van der Waals surface area contributed by atoms with Crippen LogP contribution in [-0.4, -0.2) is 73.4 Å². The number of likely N-dealkylation sites (N-methyl/N-ethyl adjacent to an activating group) is 1. The average Bonchev–Trinajstić information content (AvgIpc) is 3.04. The molecule has 0 rings (SSSR count). The molecule has 0 saturated carbocycles. The molecule has 0 saturated heterocycles. The third-order valence-electron chi connectivity index (χ3n) is 8.92. The largest absolute Gasteiger partial charge is 0.472 e. The molecule has 0 aliphatic carbocycles. The van der Waals surface area contributed by atoms with Crippen LogP contribution < -0.4 is 5.32 Å². The SMILES string of the molecule is CCCCCC/C=C/CC/C=C/[C@@H](O)[C@H](COP(=O)(O)OCC[N+](C)(C)C)NC(=O)CCCCCCCCCCCCCCCCCCC. The highest BCUT2D eigenvalue weighted by Gasteiger charge is 2.27. The quantitative estimate of drug-likeness (QED) is 0.0258. The molecular weight excluding hydrogens is 635 g/mol. The van der Waals surface area contributed by atoms with Gasteiger partial charge in [-0.1, -0.05) is 160 Å². The number of unbranched alkanes of at least 4 members (excludes halogenated alkanes) is 21. The first-order chi connectivity index (χ1) is 23.5. The lowest BCUT2D eigenvalue weighted by Crippen LogP contribution is -2.45. The van der Waals surface area contributed by atoms with Gasteiger partial charge in [0.25, 0.3) is 0 Å². The summed E-state index contributed by atoms with van der Waals surface area (Å²) in [6.45, 7) is 4.75. The number of rotatable bonds is 36. The minimum atomic E-state index is -4.33. The average molecular weight is 716 g/mol. The van der Waals surface area contributed by atoms with Crippen LogP contribution in [0.15, 0.2) is 24.3 Å². The van der Waals surface area contributed by atoms with Crippen molar-refractivity contribution < 1.29 is 32.9 Å². The fraction of sp³-hybridized carbons (Fsp3) is 0.875. The number of aliphatic hydroxyl groups excluding tert-OH is 1. The number of aliphatic hydroxyl groups is 1. The van der Waals surface area contributed by atoms with Crippen LogP contribution in [0.2, 0.25) is 0 Å². The molecule has 0 aliphatic rings. The second kappa shape index (κ2) is 32.9. The Morgan fingerprint density at radius 2 is 1.12 bits per heavy atom. The van der Waals surface area contributed by atoms with Crippen LogP contribution in [-0.2, 0) is 18.4 Å². The highest BCUT2D eigenvalue weighted by atomic mass is 31.2. The Morgan fingerprint density at radius 1 is 0.673 bits per heavy atom. The number of carbonyl (C=O) groups is 1. The molecule has 1 amide bonds. The van der Waals surface area contributed by atoms with Crippen LogP contribution in [0.5, 0.6) is 0 Å².